The summed E-state index contributed by atoms with van der Waals surface area (Å²) < 4.78 is 29.6. The third kappa shape index (κ3) is 45.1. The van der Waals surface area contributed by atoms with Crippen LogP contribution in [0.1, 0.15) is 39.5 Å². The van der Waals surface area contributed by atoms with Gasteiger partial charge in [-0.2, -0.15) is 0 Å². The van der Waals surface area contributed by atoms with Gasteiger partial charge in [0.2, 0.25) is 0 Å². The van der Waals surface area contributed by atoms with Gasteiger partial charge in [0.25, 0.3) is 0 Å². The van der Waals surface area contributed by atoms with E-state index in [1.807, 2.05) is 42.3 Å². The molecule has 0 aromatic heterocycles. The summed E-state index contributed by atoms with van der Waals surface area (Å²) in [5, 5.41) is 0. The van der Waals surface area contributed by atoms with Gasteiger partial charge in [0, 0.05) is 0 Å². The Labute approximate surface area is 171 Å². The maximum atomic E-state index is 10.2. The van der Waals surface area contributed by atoms with Crippen molar-refractivity contribution in [3.63, 3.8) is 0 Å². The summed E-state index contributed by atoms with van der Waals surface area (Å²) in [5.41, 5.74) is 0. The number of unbranched alkanes of at least 4 members (excludes halogenated alkanes) is 3. The molecule has 0 radical (unpaired) electrons. The lowest BCUT2D eigenvalue weighted by Crippen LogP contribution is -2.38. The number of phosphoric acid groups is 2. The quantitative estimate of drug-likeness (QED) is 0.268. The first-order valence-electron chi connectivity index (χ1n) is 9.30. The first-order chi connectivity index (χ1) is 12.3. The average Bonchev–Trinajstić information content (AvgIpc) is 2.40. The lowest BCUT2D eigenvalue weighted by molar-refractivity contribution is -0.870. The molecule has 0 aliphatic heterocycles. The van der Waals surface area contributed by atoms with Crippen LogP contribution in [0.25, 0.3) is 0 Å². The third-order valence-electron chi connectivity index (χ3n) is 2.99. The van der Waals surface area contributed by atoms with E-state index >= 15 is 0 Å². The zero-order chi connectivity index (χ0) is 23.1. The summed E-state index contributed by atoms with van der Waals surface area (Å²) in [6.45, 7) is 5.56. The molecule has 12 heteroatoms. The highest BCUT2D eigenvalue weighted by Crippen LogP contribution is 2.35. The molecule has 0 aromatic carbocycles. The SMILES string of the molecule is CCCCCC.C[N+](C)(C)CCOP(=O)(O)O.C[N+](C)(C)CCOP(=O)([O-])[O-]. The van der Waals surface area contributed by atoms with E-state index in [1.165, 1.54) is 25.7 Å². The fraction of sp³-hybridized carbons (Fsp3) is 1.00. The second-order valence-electron chi connectivity index (χ2n) is 8.34. The number of nitrogens with zero attached hydrogens (tertiary/aromatic N) is 2. The van der Waals surface area contributed by atoms with E-state index < -0.39 is 15.6 Å². The molecule has 0 spiro atoms. The van der Waals surface area contributed by atoms with E-state index in [9.17, 15) is 18.9 Å². The van der Waals surface area contributed by atoms with E-state index in [4.69, 9.17) is 9.79 Å². The number of hydrogen-bond donors (Lipinski definition) is 2. The van der Waals surface area contributed by atoms with Crippen molar-refractivity contribution < 1.29 is 46.7 Å². The molecule has 0 atom stereocenters. The largest absolute Gasteiger partial charge is 0.790 e. The Kier molecular flexibility index (Phi) is 18.6. The van der Waals surface area contributed by atoms with Gasteiger partial charge in [-0.05, 0) is 0 Å². The van der Waals surface area contributed by atoms with Crippen LogP contribution in [-0.2, 0) is 18.2 Å². The number of hydrogen-bond acceptors (Lipinski definition) is 6. The van der Waals surface area contributed by atoms with Crippen molar-refractivity contribution in [1.29, 1.82) is 0 Å². The van der Waals surface area contributed by atoms with Gasteiger partial charge < -0.3 is 37.6 Å². The van der Waals surface area contributed by atoms with E-state index in [1.54, 1.807) is 0 Å². The van der Waals surface area contributed by atoms with Crippen molar-refractivity contribution >= 4 is 15.6 Å². The van der Waals surface area contributed by atoms with Gasteiger partial charge in [0.05, 0.1) is 50.1 Å². The fourth-order valence-corrected chi connectivity index (χ4v) is 1.98. The van der Waals surface area contributed by atoms with E-state index in [0.29, 0.717) is 22.1 Å². The number of rotatable bonds is 11. The Morgan fingerprint density at radius 3 is 1.29 bits per heavy atom. The van der Waals surface area contributed by atoms with Crippen molar-refractivity contribution in [2.45, 2.75) is 39.5 Å². The Balaban J connectivity index is -0.000000351. The van der Waals surface area contributed by atoms with E-state index in [2.05, 4.69) is 22.9 Å². The minimum Gasteiger partial charge on any atom is -0.790 e. The topological polar surface area (TPSA) is 139 Å². The standard InChI is InChI=1S/C6H14.2C5H14NO4P/c1-3-5-6-4-2;2*1-6(2,3)4-5-10-11(7,8)9/h3-6H2,1-2H3;2*4-5H2,1-3H3,(H-,7,8,9). The second-order valence-corrected chi connectivity index (χ2v) is 10.7. The van der Waals surface area contributed by atoms with Crippen LogP contribution >= 0.6 is 15.6 Å². The van der Waals surface area contributed by atoms with Crippen LogP contribution in [0, 0.1) is 0 Å². The van der Waals surface area contributed by atoms with Crippen LogP contribution in [0.2, 0.25) is 0 Å². The molecule has 0 heterocycles. The molecule has 0 fully saturated rings. The molecule has 0 amide bonds. The molecule has 0 saturated carbocycles. The highest BCUT2D eigenvalue weighted by molar-refractivity contribution is 7.46. The molecule has 0 aliphatic carbocycles. The summed E-state index contributed by atoms with van der Waals surface area (Å²) in [5.74, 6) is 0. The molecule has 0 aromatic rings. The number of phosphoric ester groups is 2. The Morgan fingerprint density at radius 2 is 1.07 bits per heavy atom. The Bertz CT molecular complexity index is 411. The molecular weight excluding hydrogens is 410 g/mol. The zero-order valence-corrected chi connectivity index (χ0v) is 20.6. The van der Waals surface area contributed by atoms with E-state index in [0.717, 1.165) is 0 Å². The van der Waals surface area contributed by atoms with Gasteiger partial charge in [-0.3, -0.25) is 4.52 Å². The van der Waals surface area contributed by atoms with E-state index in [-0.39, 0.29) is 13.2 Å². The smallest absolute Gasteiger partial charge is 0.469 e. The van der Waals surface area contributed by atoms with Crippen LogP contribution in [0.15, 0.2) is 0 Å². The molecule has 10 nitrogen and oxygen atoms in total. The maximum absolute atomic E-state index is 10.2. The van der Waals surface area contributed by atoms with Gasteiger partial charge in [0.1, 0.15) is 26.3 Å². The fourth-order valence-electron chi connectivity index (χ4n) is 1.36. The average molecular weight is 452 g/mol. The lowest BCUT2D eigenvalue weighted by atomic mass is 10.2. The molecule has 0 rings (SSSR count). The number of quaternary nitrogens is 2. The molecule has 0 saturated heterocycles. The second kappa shape index (κ2) is 15.9. The predicted octanol–water partition coefficient (Wildman–Crippen LogP) is 0.926. The zero-order valence-electron chi connectivity index (χ0n) is 18.8. The highest BCUT2D eigenvalue weighted by atomic mass is 31.2. The highest BCUT2D eigenvalue weighted by Gasteiger charge is 2.16. The van der Waals surface area contributed by atoms with Crippen LogP contribution in [-0.4, -0.2) is 87.3 Å². The van der Waals surface area contributed by atoms with Crippen LogP contribution in [0.3, 0.4) is 0 Å². The van der Waals surface area contributed by atoms with Crippen LogP contribution in [0.4, 0.5) is 0 Å². The summed E-state index contributed by atoms with van der Waals surface area (Å²) >= 11 is 0. The van der Waals surface area contributed by atoms with Crippen LogP contribution in [0.5, 0.6) is 0 Å². The van der Waals surface area contributed by atoms with Gasteiger partial charge in [0.15, 0.2) is 0 Å². The van der Waals surface area contributed by atoms with Crippen molar-refractivity contribution in [1.82, 2.24) is 0 Å². The predicted molar refractivity (Wildman–Crippen MR) is 107 cm³/mol. The summed E-state index contributed by atoms with van der Waals surface area (Å²) in [7, 11) is 2.37. The van der Waals surface area contributed by atoms with Crippen molar-refractivity contribution in [3.8, 4) is 0 Å². The molecule has 0 aliphatic rings. The maximum Gasteiger partial charge on any atom is 0.469 e. The Hall–Kier alpha value is 0.140. The minimum absolute atomic E-state index is 0.0478. The summed E-state index contributed by atoms with van der Waals surface area (Å²) in [4.78, 5) is 36.5. The summed E-state index contributed by atoms with van der Waals surface area (Å²) in [6.07, 6.45) is 5.54. The van der Waals surface area contributed by atoms with Gasteiger partial charge >= 0.3 is 7.82 Å². The lowest BCUT2D eigenvalue weighted by Gasteiger charge is -2.31. The number of likely N-dealkylation sites (N-methyl/N-ethyl adjacent to an activating group) is 2. The monoisotopic (exact) mass is 452 g/mol. The Morgan fingerprint density at radius 1 is 0.750 bits per heavy atom. The van der Waals surface area contributed by atoms with Gasteiger partial charge in [-0.25, -0.2) is 4.57 Å². The molecule has 28 heavy (non-hydrogen) atoms. The minimum atomic E-state index is -4.76. The normalized spacial score (nSPS) is 12.6. The van der Waals surface area contributed by atoms with Crippen molar-refractivity contribution in [3.05, 3.63) is 0 Å². The van der Waals surface area contributed by atoms with Gasteiger partial charge in [-0.15, -0.1) is 0 Å². The summed E-state index contributed by atoms with van der Waals surface area (Å²) in [6, 6.07) is 0. The van der Waals surface area contributed by atoms with Crippen molar-refractivity contribution in [2.75, 3.05) is 68.6 Å². The first kappa shape index (κ1) is 32.8. The molecule has 174 valence electrons. The third-order valence-corrected chi connectivity index (χ3v) is 4.01. The van der Waals surface area contributed by atoms with Crippen molar-refractivity contribution in [2.24, 2.45) is 0 Å². The van der Waals surface area contributed by atoms with Gasteiger partial charge in [-0.1, -0.05) is 39.5 Å². The molecule has 0 bridgehead atoms. The van der Waals surface area contributed by atoms with Crippen LogP contribution < -0.4 is 9.79 Å². The molecular formula is C16H42N2O8P2. The first-order valence-corrected chi connectivity index (χ1v) is 12.3. The molecule has 2 N–H and O–H groups in total. The molecule has 0 unspecified atom stereocenters.